The molecule has 156 valence electrons. The van der Waals surface area contributed by atoms with Crippen molar-refractivity contribution < 1.29 is 19.1 Å². The highest BCUT2D eigenvalue weighted by molar-refractivity contribution is 8.04. The van der Waals surface area contributed by atoms with Gasteiger partial charge < -0.3 is 9.47 Å². The predicted octanol–water partition coefficient (Wildman–Crippen LogP) is 5.17. The van der Waals surface area contributed by atoms with Gasteiger partial charge in [0.15, 0.2) is 0 Å². The number of imide groups is 1. The van der Waals surface area contributed by atoms with E-state index >= 15 is 0 Å². The number of carbonyl (C=O) groups excluding carboxylic acids is 2. The summed E-state index contributed by atoms with van der Waals surface area (Å²) in [6.45, 7) is 2.37. The first-order valence-electron chi connectivity index (χ1n) is 9.86. The quantitative estimate of drug-likeness (QED) is 0.483. The van der Waals surface area contributed by atoms with Crippen molar-refractivity contribution in [2.45, 2.75) is 11.8 Å². The van der Waals surface area contributed by atoms with Crippen LogP contribution in [0.4, 0.5) is 5.69 Å². The summed E-state index contributed by atoms with van der Waals surface area (Å²) < 4.78 is 11.0. The molecule has 31 heavy (non-hydrogen) atoms. The minimum Gasteiger partial charge on any atom is -0.496 e. The van der Waals surface area contributed by atoms with Crippen molar-refractivity contribution >= 4 is 34.8 Å². The molecular weight excluding hydrogens is 410 g/mol. The Bertz CT molecular complexity index is 1160. The van der Waals surface area contributed by atoms with E-state index in [1.807, 2.05) is 49.4 Å². The van der Waals surface area contributed by atoms with Crippen LogP contribution >= 0.6 is 11.8 Å². The van der Waals surface area contributed by atoms with Crippen LogP contribution in [0.3, 0.4) is 0 Å². The maximum atomic E-state index is 13.6. The Hall–Kier alpha value is -3.51. The van der Waals surface area contributed by atoms with Crippen LogP contribution in [0.15, 0.2) is 88.7 Å². The van der Waals surface area contributed by atoms with E-state index in [-0.39, 0.29) is 11.8 Å². The lowest BCUT2D eigenvalue weighted by Gasteiger charge is -2.16. The zero-order valence-electron chi connectivity index (χ0n) is 17.2. The molecule has 3 aromatic carbocycles. The first-order chi connectivity index (χ1) is 15.1. The highest BCUT2D eigenvalue weighted by Gasteiger charge is 2.41. The fourth-order valence-electron chi connectivity index (χ4n) is 3.41. The first kappa shape index (κ1) is 20.8. The van der Waals surface area contributed by atoms with Crippen LogP contribution < -0.4 is 14.4 Å². The smallest absolute Gasteiger partial charge is 0.272 e. The molecule has 0 saturated carbocycles. The van der Waals surface area contributed by atoms with Crippen molar-refractivity contribution in [3.63, 3.8) is 0 Å². The number of hydrogen-bond acceptors (Lipinski definition) is 5. The van der Waals surface area contributed by atoms with Gasteiger partial charge in [-0.05, 0) is 37.3 Å². The summed E-state index contributed by atoms with van der Waals surface area (Å²) in [6, 6.07) is 23.8. The normalized spacial score (nSPS) is 13.7. The number of carbonyl (C=O) groups is 2. The fraction of sp³-hybridized carbons (Fsp3) is 0.120. The summed E-state index contributed by atoms with van der Waals surface area (Å²) in [4.78, 5) is 29.5. The predicted molar refractivity (Wildman–Crippen MR) is 122 cm³/mol. The standard InChI is InChI=1S/C25H21NO4S/c1-3-30-18-11-9-10-17(16-18)26-24(27)22(20-14-7-8-15-21(20)29-2)23(25(26)28)31-19-12-5-4-6-13-19/h4-16H,3H2,1-2H3. The number of rotatable bonds is 7. The fourth-order valence-corrected chi connectivity index (χ4v) is 4.42. The molecule has 2 amide bonds. The molecule has 0 aliphatic carbocycles. The van der Waals surface area contributed by atoms with Crippen molar-refractivity contribution in [3.8, 4) is 11.5 Å². The van der Waals surface area contributed by atoms with Crippen LogP contribution in [0, 0.1) is 0 Å². The van der Waals surface area contributed by atoms with E-state index in [0.29, 0.717) is 39.8 Å². The summed E-state index contributed by atoms with van der Waals surface area (Å²) >= 11 is 1.28. The average molecular weight is 432 g/mol. The van der Waals surface area contributed by atoms with Crippen molar-refractivity contribution in [1.29, 1.82) is 0 Å². The van der Waals surface area contributed by atoms with Gasteiger partial charge in [-0.15, -0.1) is 0 Å². The third-order valence-electron chi connectivity index (χ3n) is 4.77. The zero-order valence-corrected chi connectivity index (χ0v) is 18.0. The van der Waals surface area contributed by atoms with Gasteiger partial charge in [-0.3, -0.25) is 9.59 Å². The van der Waals surface area contributed by atoms with Crippen LogP contribution in [0.25, 0.3) is 5.57 Å². The van der Waals surface area contributed by atoms with E-state index < -0.39 is 0 Å². The minimum absolute atomic E-state index is 0.332. The van der Waals surface area contributed by atoms with Crippen molar-refractivity contribution in [2.24, 2.45) is 0 Å². The molecular formula is C25H21NO4S. The van der Waals surface area contributed by atoms with Crippen LogP contribution in [-0.2, 0) is 9.59 Å². The van der Waals surface area contributed by atoms with Crippen LogP contribution in [0.2, 0.25) is 0 Å². The number of amides is 2. The van der Waals surface area contributed by atoms with Gasteiger partial charge in [0.05, 0.1) is 29.9 Å². The molecule has 0 spiro atoms. The molecule has 0 bridgehead atoms. The molecule has 5 nitrogen and oxygen atoms in total. The molecule has 0 radical (unpaired) electrons. The minimum atomic E-state index is -0.387. The summed E-state index contributed by atoms with van der Waals surface area (Å²) in [7, 11) is 1.55. The molecule has 4 rings (SSSR count). The van der Waals surface area contributed by atoms with Crippen molar-refractivity contribution in [1.82, 2.24) is 0 Å². The van der Waals surface area contributed by atoms with Crippen molar-refractivity contribution in [3.05, 3.63) is 89.3 Å². The maximum absolute atomic E-state index is 13.6. The second-order valence-electron chi connectivity index (χ2n) is 6.70. The number of benzene rings is 3. The summed E-state index contributed by atoms with van der Waals surface area (Å²) in [5.41, 5.74) is 1.39. The zero-order chi connectivity index (χ0) is 21.8. The summed E-state index contributed by atoms with van der Waals surface area (Å²) in [6.07, 6.45) is 0. The van der Waals surface area contributed by atoms with Crippen molar-refractivity contribution in [2.75, 3.05) is 18.6 Å². The van der Waals surface area contributed by atoms with Gasteiger partial charge in [0.25, 0.3) is 11.8 Å². The van der Waals surface area contributed by atoms with Crippen LogP contribution in [0.5, 0.6) is 11.5 Å². The number of para-hydroxylation sites is 1. The largest absolute Gasteiger partial charge is 0.496 e. The summed E-state index contributed by atoms with van der Waals surface area (Å²) in [5, 5.41) is 0. The van der Waals surface area contributed by atoms with E-state index in [1.165, 1.54) is 16.7 Å². The molecule has 3 aromatic rings. The Balaban J connectivity index is 1.83. The van der Waals surface area contributed by atoms with Gasteiger partial charge in [0.2, 0.25) is 0 Å². The lowest BCUT2D eigenvalue weighted by atomic mass is 10.0. The van der Waals surface area contributed by atoms with Gasteiger partial charge in [-0.1, -0.05) is 54.2 Å². The second kappa shape index (κ2) is 9.10. The van der Waals surface area contributed by atoms with Gasteiger partial charge in [-0.25, -0.2) is 4.90 Å². The monoisotopic (exact) mass is 431 g/mol. The molecule has 1 aliphatic heterocycles. The highest BCUT2D eigenvalue weighted by Crippen LogP contribution is 2.43. The Morgan fingerprint density at radius 2 is 1.61 bits per heavy atom. The van der Waals surface area contributed by atoms with Crippen LogP contribution in [-0.4, -0.2) is 25.5 Å². The van der Waals surface area contributed by atoms with Gasteiger partial charge in [0, 0.05) is 16.5 Å². The Labute approximate surface area is 185 Å². The topological polar surface area (TPSA) is 55.8 Å². The Kier molecular flexibility index (Phi) is 6.09. The molecule has 0 atom stereocenters. The highest BCUT2D eigenvalue weighted by atomic mass is 32.2. The van der Waals surface area contributed by atoms with E-state index in [4.69, 9.17) is 9.47 Å². The lowest BCUT2D eigenvalue weighted by Crippen LogP contribution is -2.31. The first-order valence-corrected chi connectivity index (χ1v) is 10.7. The number of thioether (sulfide) groups is 1. The maximum Gasteiger partial charge on any atom is 0.272 e. The average Bonchev–Trinajstić information content (AvgIpc) is 3.04. The third-order valence-corrected chi connectivity index (χ3v) is 5.86. The number of hydrogen-bond donors (Lipinski definition) is 0. The molecule has 0 saturated heterocycles. The summed E-state index contributed by atoms with van der Waals surface area (Å²) in [5.74, 6) is 0.383. The molecule has 0 fully saturated rings. The van der Waals surface area contributed by atoms with Gasteiger partial charge in [-0.2, -0.15) is 0 Å². The number of anilines is 1. The van der Waals surface area contributed by atoms with Gasteiger partial charge in [0.1, 0.15) is 11.5 Å². The SMILES string of the molecule is CCOc1cccc(N2C(=O)C(Sc3ccccc3)=C(c3ccccc3OC)C2=O)c1. The number of nitrogens with zero attached hydrogens (tertiary/aromatic N) is 1. The van der Waals surface area contributed by atoms with E-state index in [0.717, 1.165) is 4.90 Å². The third kappa shape index (κ3) is 4.07. The van der Waals surface area contributed by atoms with Crippen LogP contribution in [0.1, 0.15) is 12.5 Å². The van der Waals surface area contributed by atoms with Gasteiger partial charge >= 0.3 is 0 Å². The molecule has 1 heterocycles. The molecule has 0 N–H and O–H groups in total. The van der Waals surface area contributed by atoms with E-state index in [9.17, 15) is 9.59 Å². The number of methoxy groups -OCH3 is 1. The Morgan fingerprint density at radius 1 is 0.871 bits per heavy atom. The number of ether oxygens (including phenoxy) is 2. The lowest BCUT2D eigenvalue weighted by molar-refractivity contribution is -0.119. The Morgan fingerprint density at radius 3 is 2.35 bits per heavy atom. The molecule has 0 aromatic heterocycles. The second-order valence-corrected chi connectivity index (χ2v) is 7.78. The van der Waals surface area contributed by atoms with E-state index in [1.54, 1.807) is 43.5 Å². The molecule has 0 unspecified atom stereocenters. The van der Waals surface area contributed by atoms with E-state index in [2.05, 4.69) is 0 Å². The molecule has 1 aliphatic rings. The molecule has 6 heteroatoms.